The Kier molecular flexibility index (Phi) is 4.74. The van der Waals surface area contributed by atoms with Gasteiger partial charge in [0.05, 0.1) is 0 Å². The summed E-state index contributed by atoms with van der Waals surface area (Å²) in [5, 5.41) is 9.01. The van der Waals surface area contributed by atoms with Crippen LogP contribution >= 0.6 is 0 Å². The lowest BCUT2D eigenvalue weighted by Crippen LogP contribution is -2.41. The van der Waals surface area contributed by atoms with Crippen LogP contribution in [0.3, 0.4) is 0 Å². The van der Waals surface area contributed by atoms with Crippen molar-refractivity contribution in [1.29, 1.82) is 0 Å². The van der Waals surface area contributed by atoms with Crippen molar-refractivity contribution in [2.24, 2.45) is 5.92 Å². The highest BCUT2D eigenvalue weighted by Crippen LogP contribution is 2.20. The molecule has 1 aliphatic heterocycles. The van der Waals surface area contributed by atoms with Gasteiger partial charge in [-0.25, -0.2) is 0 Å². The van der Waals surface area contributed by atoms with E-state index in [0.29, 0.717) is 12.5 Å². The number of likely N-dealkylation sites (tertiary alicyclic amines) is 1. The van der Waals surface area contributed by atoms with Gasteiger partial charge in [0.15, 0.2) is 0 Å². The zero-order valence-electron chi connectivity index (χ0n) is 9.00. The second kappa shape index (κ2) is 5.61. The summed E-state index contributed by atoms with van der Waals surface area (Å²) in [7, 11) is 0. The summed E-state index contributed by atoms with van der Waals surface area (Å²) in [6, 6.07) is 0.777. The van der Waals surface area contributed by atoms with Crippen LogP contribution in [0.2, 0.25) is 0 Å². The lowest BCUT2D eigenvalue weighted by molar-refractivity contribution is 0.0965. The zero-order valence-corrected chi connectivity index (χ0v) is 9.00. The second-order valence-corrected chi connectivity index (χ2v) is 4.13. The van der Waals surface area contributed by atoms with Gasteiger partial charge in [0.1, 0.15) is 0 Å². The van der Waals surface area contributed by atoms with E-state index >= 15 is 0 Å². The van der Waals surface area contributed by atoms with Crippen molar-refractivity contribution in [3.05, 3.63) is 0 Å². The monoisotopic (exact) mass is 185 g/mol. The Labute approximate surface area is 81.9 Å². The molecule has 1 heterocycles. The number of aliphatic hydroxyl groups is 1. The first kappa shape index (κ1) is 11.0. The van der Waals surface area contributed by atoms with Crippen LogP contribution in [0.5, 0.6) is 0 Å². The molecule has 1 N–H and O–H groups in total. The maximum atomic E-state index is 9.01. The molecule has 13 heavy (non-hydrogen) atoms. The summed E-state index contributed by atoms with van der Waals surface area (Å²) in [4.78, 5) is 2.59. The van der Waals surface area contributed by atoms with E-state index in [1.54, 1.807) is 0 Å². The minimum absolute atomic E-state index is 0.386. The fourth-order valence-corrected chi connectivity index (χ4v) is 2.31. The topological polar surface area (TPSA) is 23.5 Å². The van der Waals surface area contributed by atoms with E-state index in [1.165, 1.54) is 38.8 Å². The van der Waals surface area contributed by atoms with Crippen LogP contribution in [0.25, 0.3) is 0 Å². The summed E-state index contributed by atoms with van der Waals surface area (Å²) in [6.45, 7) is 7.31. The lowest BCUT2D eigenvalue weighted by Gasteiger charge is -2.36. The molecule has 0 aliphatic carbocycles. The van der Waals surface area contributed by atoms with Crippen LogP contribution in [-0.4, -0.2) is 35.7 Å². The third kappa shape index (κ3) is 2.96. The number of hydrogen-bond acceptors (Lipinski definition) is 2. The molecule has 0 bridgehead atoms. The van der Waals surface area contributed by atoms with Crippen molar-refractivity contribution >= 4 is 0 Å². The summed E-state index contributed by atoms with van der Waals surface area (Å²) in [5.74, 6) is 0.575. The first-order valence-corrected chi connectivity index (χ1v) is 5.66. The Morgan fingerprint density at radius 3 is 2.15 bits per heavy atom. The van der Waals surface area contributed by atoms with E-state index in [2.05, 4.69) is 18.7 Å². The SMILES string of the molecule is CCC(CC)N1CCC(CO)CC1. The molecule has 1 saturated heterocycles. The number of nitrogens with zero attached hydrogens (tertiary/aromatic N) is 1. The quantitative estimate of drug-likeness (QED) is 0.723. The van der Waals surface area contributed by atoms with Gasteiger partial charge in [-0.1, -0.05) is 13.8 Å². The molecule has 1 aliphatic rings. The summed E-state index contributed by atoms with van der Waals surface area (Å²) < 4.78 is 0. The molecular weight excluding hydrogens is 162 g/mol. The van der Waals surface area contributed by atoms with Gasteiger partial charge >= 0.3 is 0 Å². The van der Waals surface area contributed by atoms with Crippen molar-refractivity contribution in [2.45, 2.75) is 45.6 Å². The number of piperidine rings is 1. The van der Waals surface area contributed by atoms with Gasteiger partial charge < -0.3 is 10.0 Å². The zero-order chi connectivity index (χ0) is 9.68. The minimum Gasteiger partial charge on any atom is -0.396 e. The number of rotatable bonds is 4. The van der Waals surface area contributed by atoms with Gasteiger partial charge in [-0.3, -0.25) is 0 Å². The Morgan fingerprint density at radius 1 is 1.23 bits per heavy atom. The smallest absolute Gasteiger partial charge is 0.0460 e. The van der Waals surface area contributed by atoms with Crippen LogP contribution < -0.4 is 0 Å². The molecule has 0 amide bonds. The Bertz CT molecular complexity index is 126. The molecule has 0 spiro atoms. The summed E-state index contributed by atoms with van der Waals surface area (Å²) >= 11 is 0. The standard InChI is InChI=1S/C11H23NO/c1-3-11(4-2)12-7-5-10(9-13)6-8-12/h10-11,13H,3-9H2,1-2H3. The van der Waals surface area contributed by atoms with Crippen LogP contribution in [-0.2, 0) is 0 Å². The molecule has 0 radical (unpaired) electrons. The highest BCUT2D eigenvalue weighted by Gasteiger charge is 2.22. The normalized spacial score (nSPS) is 21.2. The maximum absolute atomic E-state index is 9.01. The average molecular weight is 185 g/mol. The molecule has 1 fully saturated rings. The molecule has 2 heteroatoms. The first-order valence-electron chi connectivity index (χ1n) is 5.66. The summed E-state index contributed by atoms with van der Waals surface area (Å²) in [5.41, 5.74) is 0. The molecule has 1 rings (SSSR count). The molecule has 2 nitrogen and oxygen atoms in total. The molecule has 0 saturated carbocycles. The van der Waals surface area contributed by atoms with Gasteiger partial charge in [0.2, 0.25) is 0 Å². The van der Waals surface area contributed by atoms with Gasteiger partial charge in [0.25, 0.3) is 0 Å². The number of aliphatic hydroxyl groups excluding tert-OH is 1. The molecule has 0 unspecified atom stereocenters. The molecule has 0 aromatic rings. The van der Waals surface area contributed by atoms with Crippen molar-refractivity contribution in [1.82, 2.24) is 4.90 Å². The fraction of sp³-hybridized carbons (Fsp3) is 1.00. The first-order chi connectivity index (χ1) is 6.31. The van der Waals surface area contributed by atoms with E-state index in [-0.39, 0.29) is 0 Å². The Balaban J connectivity index is 2.30. The van der Waals surface area contributed by atoms with Crippen molar-refractivity contribution < 1.29 is 5.11 Å². The molecule has 0 aromatic heterocycles. The van der Waals surface area contributed by atoms with Gasteiger partial charge in [-0.05, 0) is 44.7 Å². The van der Waals surface area contributed by atoms with E-state index in [9.17, 15) is 0 Å². The van der Waals surface area contributed by atoms with Gasteiger partial charge in [-0.15, -0.1) is 0 Å². The van der Waals surface area contributed by atoms with Crippen molar-refractivity contribution in [2.75, 3.05) is 19.7 Å². The van der Waals surface area contributed by atoms with Crippen LogP contribution in [0.1, 0.15) is 39.5 Å². The molecule has 78 valence electrons. The summed E-state index contributed by atoms with van der Waals surface area (Å²) in [6.07, 6.45) is 4.90. The van der Waals surface area contributed by atoms with Crippen molar-refractivity contribution in [3.8, 4) is 0 Å². The van der Waals surface area contributed by atoms with E-state index < -0.39 is 0 Å². The number of hydrogen-bond donors (Lipinski definition) is 1. The van der Waals surface area contributed by atoms with Gasteiger partial charge in [0, 0.05) is 12.6 Å². The van der Waals surface area contributed by atoms with E-state index in [1.807, 2.05) is 0 Å². The Hall–Kier alpha value is -0.0800. The van der Waals surface area contributed by atoms with E-state index in [4.69, 9.17) is 5.11 Å². The predicted molar refractivity (Wildman–Crippen MR) is 55.8 cm³/mol. The largest absolute Gasteiger partial charge is 0.396 e. The van der Waals surface area contributed by atoms with E-state index in [0.717, 1.165) is 6.04 Å². The average Bonchev–Trinajstić information content (AvgIpc) is 2.21. The third-order valence-electron chi connectivity index (χ3n) is 3.37. The predicted octanol–water partition coefficient (Wildman–Crippen LogP) is 1.88. The van der Waals surface area contributed by atoms with Crippen molar-refractivity contribution in [3.63, 3.8) is 0 Å². The molecular formula is C11H23NO. The Morgan fingerprint density at radius 2 is 1.77 bits per heavy atom. The van der Waals surface area contributed by atoms with Crippen LogP contribution in [0, 0.1) is 5.92 Å². The molecule has 0 atom stereocenters. The lowest BCUT2D eigenvalue weighted by atomic mass is 9.96. The maximum Gasteiger partial charge on any atom is 0.0460 e. The third-order valence-corrected chi connectivity index (χ3v) is 3.37. The highest BCUT2D eigenvalue weighted by molar-refractivity contribution is 4.76. The van der Waals surface area contributed by atoms with Crippen LogP contribution in [0.4, 0.5) is 0 Å². The molecule has 0 aromatic carbocycles. The van der Waals surface area contributed by atoms with Crippen LogP contribution in [0.15, 0.2) is 0 Å². The van der Waals surface area contributed by atoms with Gasteiger partial charge in [-0.2, -0.15) is 0 Å². The minimum atomic E-state index is 0.386. The fourth-order valence-electron chi connectivity index (χ4n) is 2.31. The second-order valence-electron chi connectivity index (χ2n) is 4.13. The highest BCUT2D eigenvalue weighted by atomic mass is 16.3.